The van der Waals surface area contributed by atoms with Crippen LogP contribution in [0.15, 0.2) is 30.3 Å². The minimum Gasteiger partial charge on any atom is -0.461 e. The van der Waals surface area contributed by atoms with Crippen LogP contribution in [0.1, 0.15) is 24.8 Å². The first-order valence-corrected chi connectivity index (χ1v) is 7.94. The Balaban J connectivity index is 1.78. The molecule has 2 rings (SSSR count). The minimum absolute atomic E-state index is 0.0992. The molecule has 8 heteroatoms. The number of amides is 3. The SMILES string of the molecule is CN1C(=O)CCC(NC(=O)[C@@H](N)CC(=O)OCc2ccccc2)C1=O. The molecule has 0 aromatic heterocycles. The molecular weight excluding hydrogens is 326 g/mol. The first-order chi connectivity index (χ1) is 11.9. The number of piperidine rings is 1. The van der Waals surface area contributed by atoms with Crippen LogP contribution in [0.25, 0.3) is 0 Å². The van der Waals surface area contributed by atoms with Crippen molar-refractivity contribution in [3.8, 4) is 0 Å². The monoisotopic (exact) mass is 347 g/mol. The van der Waals surface area contributed by atoms with Crippen molar-refractivity contribution in [1.82, 2.24) is 10.2 Å². The van der Waals surface area contributed by atoms with E-state index in [1.54, 1.807) is 0 Å². The maximum absolute atomic E-state index is 12.1. The Morgan fingerprint density at radius 2 is 2.00 bits per heavy atom. The van der Waals surface area contributed by atoms with Gasteiger partial charge >= 0.3 is 5.97 Å². The molecule has 1 unspecified atom stereocenters. The van der Waals surface area contributed by atoms with Gasteiger partial charge < -0.3 is 15.8 Å². The van der Waals surface area contributed by atoms with Crippen molar-refractivity contribution in [2.24, 2.45) is 5.73 Å². The Kier molecular flexibility index (Phi) is 6.24. The van der Waals surface area contributed by atoms with Crippen molar-refractivity contribution in [3.05, 3.63) is 35.9 Å². The molecular formula is C17H21N3O5. The fourth-order valence-corrected chi connectivity index (χ4v) is 2.40. The highest BCUT2D eigenvalue weighted by molar-refractivity contribution is 6.02. The summed E-state index contributed by atoms with van der Waals surface area (Å²) >= 11 is 0. The van der Waals surface area contributed by atoms with E-state index in [9.17, 15) is 19.2 Å². The molecule has 0 bridgehead atoms. The Hall–Kier alpha value is -2.74. The Labute approximate surface area is 145 Å². The smallest absolute Gasteiger partial charge is 0.308 e. The molecule has 1 aromatic carbocycles. The van der Waals surface area contributed by atoms with Gasteiger partial charge in [-0.2, -0.15) is 0 Å². The quantitative estimate of drug-likeness (QED) is 0.539. The molecule has 134 valence electrons. The zero-order valence-electron chi connectivity index (χ0n) is 13.9. The summed E-state index contributed by atoms with van der Waals surface area (Å²) in [5, 5.41) is 2.48. The highest BCUT2D eigenvalue weighted by atomic mass is 16.5. The molecule has 0 saturated carbocycles. The molecule has 3 N–H and O–H groups in total. The number of hydrogen-bond donors (Lipinski definition) is 2. The average Bonchev–Trinajstić information content (AvgIpc) is 2.61. The Morgan fingerprint density at radius 3 is 2.68 bits per heavy atom. The zero-order valence-corrected chi connectivity index (χ0v) is 13.9. The van der Waals surface area contributed by atoms with Crippen LogP contribution >= 0.6 is 0 Å². The molecule has 3 amide bonds. The maximum Gasteiger partial charge on any atom is 0.308 e. The number of carbonyl (C=O) groups excluding carboxylic acids is 4. The molecule has 1 heterocycles. The van der Waals surface area contributed by atoms with E-state index in [4.69, 9.17) is 10.5 Å². The first-order valence-electron chi connectivity index (χ1n) is 7.94. The fraction of sp³-hybridized carbons (Fsp3) is 0.412. The van der Waals surface area contributed by atoms with Crippen LogP contribution in [-0.4, -0.2) is 47.7 Å². The summed E-state index contributed by atoms with van der Waals surface area (Å²) in [6.07, 6.45) is 0.0921. The maximum atomic E-state index is 12.1. The number of ether oxygens (including phenoxy) is 1. The molecule has 8 nitrogen and oxygen atoms in total. The fourth-order valence-electron chi connectivity index (χ4n) is 2.40. The van der Waals surface area contributed by atoms with Crippen LogP contribution in [0.2, 0.25) is 0 Å². The summed E-state index contributed by atoms with van der Waals surface area (Å²) in [5.41, 5.74) is 6.54. The van der Waals surface area contributed by atoms with Gasteiger partial charge in [-0.25, -0.2) is 0 Å². The van der Waals surface area contributed by atoms with Gasteiger partial charge in [-0.05, 0) is 12.0 Å². The number of carbonyl (C=O) groups is 4. The summed E-state index contributed by atoms with van der Waals surface area (Å²) in [7, 11) is 1.36. The first kappa shape index (κ1) is 18.6. The van der Waals surface area contributed by atoms with E-state index in [-0.39, 0.29) is 31.8 Å². The van der Waals surface area contributed by atoms with Gasteiger partial charge in [0.1, 0.15) is 12.6 Å². The number of likely N-dealkylation sites (tertiary alicyclic amines) is 1. The number of likely N-dealkylation sites (N-methyl/N-ethyl adjacent to an activating group) is 1. The second-order valence-corrected chi connectivity index (χ2v) is 5.85. The number of benzene rings is 1. The second-order valence-electron chi connectivity index (χ2n) is 5.85. The summed E-state index contributed by atoms with van der Waals surface area (Å²) < 4.78 is 5.07. The van der Waals surface area contributed by atoms with Gasteiger partial charge in [-0.3, -0.25) is 24.1 Å². The molecule has 1 saturated heterocycles. The Morgan fingerprint density at radius 1 is 1.32 bits per heavy atom. The van der Waals surface area contributed by atoms with E-state index >= 15 is 0 Å². The average molecular weight is 347 g/mol. The lowest BCUT2D eigenvalue weighted by Crippen LogP contribution is -2.56. The van der Waals surface area contributed by atoms with E-state index in [0.29, 0.717) is 0 Å². The number of nitrogens with zero attached hydrogens (tertiary/aromatic N) is 1. The van der Waals surface area contributed by atoms with Crippen LogP contribution in [0, 0.1) is 0 Å². The van der Waals surface area contributed by atoms with Crippen molar-refractivity contribution in [1.29, 1.82) is 0 Å². The van der Waals surface area contributed by atoms with E-state index in [1.807, 2.05) is 30.3 Å². The lowest BCUT2D eigenvalue weighted by atomic mass is 10.0. The molecule has 0 radical (unpaired) electrons. The minimum atomic E-state index is -1.13. The summed E-state index contributed by atoms with van der Waals surface area (Å²) in [6.45, 7) is 0.0992. The van der Waals surface area contributed by atoms with E-state index in [1.165, 1.54) is 7.05 Å². The molecule has 0 aliphatic carbocycles. The number of rotatable bonds is 6. The van der Waals surface area contributed by atoms with Gasteiger partial charge in [0.25, 0.3) is 5.91 Å². The summed E-state index contributed by atoms with van der Waals surface area (Å²) in [6, 6.07) is 7.19. The molecule has 1 fully saturated rings. The number of imide groups is 1. The normalized spacial score (nSPS) is 18.6. The van der Waals surface area contributed by atoms with Gasteiger partial charge in [0.2, 0.25) is 11.8 Å². The van der Waals surface area contributed by atoms with Gasteiger partial charge in [-0.1, -0.05) is 30.3 Å². The topological polar surface area (TPSA) is 119 Å². The van der Waals surface area contributed by atoms with Crippen LogP contribution in [0.5, 0.6) is 0 Å². The second kappa shape index (κ2) is 8.39. The summed E-state index contributed by atoms with van der Waals surface area (Å²) in [5.74, 6) is -2.00. The Bertz CT molecular complexity index is 662. The molecule has 25 heavy (non-hydrogen) atoms. The molecule has 1 aliphatic heterocycles. The van der Waals surface area contributed by atoms with Gasteiger partial charge in [-0.15, -0.1) is 0 Å². The van der Waals surface area contributed by atoms with Crippen LogP contribution in [0.3, 0.4) is 0 Å². The van der Waals surface area contributed by atoms with Crippen molar-refractivity contribution >= 4 is 23.7 Å². The number of hydrogen-bond acceptors (Lipinski definition) is 6. The van der Waals surface area contributed by atoms with Crippen LogP contribution in [0.4, 0.5) is 0 Å². The van der Waals surface area contributed by atoms with Gasteiger partial charge in [0.05, 0.1) is 12.5 Å². The molecule has 0 spiro atoms. The van der Waals surface area contributed by atoms with Crippen molar-refractivity contribution in [2.45, 2.75) is 38.0 Å². The third kappa shape index (κ3) is 5.12. The van der Waals surface area contributed by atoms with Gasteiger partial charge in [0, 0.05) is 13.5 Å². The van der Waals surface area contributed by atoms with Crippen molar-refractivity contribution < 1.29 is 23.9 Å². The standard InChI is InChI=1S/C17H21N3O5/c1-20-14(21)8-7-13(17(20)24)19-16(23)12(18)9-15(22)25-10-11-5-3-2-4-6-11/h2-6,12-13H,7-10,18H2,1H3,(H,19,23)/t12-,13?/m0/s1. The predicted molar refractivity (Wildman–Crippen MR) is 87.8 cm³/mol. The third-order valence-electron chi connectivity index (χ3n) is 3.93. The number of nitrogens with one attached hydrogen (secondary N) is 1. The third-order valence-corrected chi connectivity index (χ3v) is 3.93. The van der Waals surface area contributed by atoms with Crippen molar-refractivity contribution in [2.75, 3.05) is 7.05 Å². The van der Waals surface area contributed by atoms with Crippen LogP contribution < -0.4 is 11.1 Å². The summed E-state index contributed by atoms with van der Waals surface area (Å²) in [4.78, 5) is 48.2. The van der Waals surface area contributed by atoms with E-state index in [2.05, 4.69) is 5.32 Å². The number of esters is 1. The predicted octanol–water partition coefficient (Wildman–Crippen LogP) is -0.289. The van der Waals surface area contributed by atoms with Crippen LogP contribution in [-0.2, 0) is 30.5 Å². The largest absolute Gasteiger partial charge is 0.461 e. The molecule has 2 atom stereocenters. The van der Waals surface area contributed by atoms with Gasteiger partial charge in [0.15, 0.2) is 0 Å². The van der Waals surface area contributed by atoms with Crippen molar-refractivity contribution in [3.63, 3.8) is 0 Å². The zero-order chi connectivity index (χ0) is 18.4. The lowest BCUT2D eigenvalue weighted by molar-refractivity contribution is -0.149. The molecule has 1 aliphatic rings. The lowest BCUT2D eigenvalue weighted by Gasteiger charge is -2.28. The molecule has 1 aromatic rings. The highest BCUT2D eigenvalue weighted by Crippen LogP contribution is 2.11. The number of nitrogens with two attached hydrogens (primary N) is 1. The van der Waals surface area contributed by atoms with E-state index < -0.39 is 29.9 Å². The highest BCUT2D eigenvalue weighted by Gasteiger charge is 2.33. The van der Waals surface area contributed by atoms with E-state index in [0.717, 1.165) is 10.5 Å².